The van der Waals surface area contributed by atoms with Gasteiger partial charge in [-0.15, -0.1) is 6.42 Å². The number of likely N-dealkylation sites (N-methyl/N-ethyl adjacent to an activating group) is 3. The standard InChI is InChI=1S/C13H24N3.Ti/c1-14(2)11-13(15(3)4,16(5)6)12-9-7-8-10-12;/h7,9H,8,11H2,1-6H3;/q-1;. The van der Waals surface area contributed by atoms with Gasteiger partial charge in [0.05, 0.1) is 5.66 Å². The average molecular weight is 270 g/mol. The first-order chi connectivity index (χ1) is 7.41. The summed E-state index contributed by atoms with van der Waals surface area (Å²) in [7, 11) is 12.7. The van der Waals surface area contributed by atoms with Crippen molar-refractivity contribution in [2.45, 2.75) is 12.1 Å². The van der Waals surface area contributed by atoms with E-state index in [0.29, 0.717) is 0 Å². The van der Waals surface area contributed by atoms with Crippen LogP contribution in [0.2, 0.25) is 0 Å². The predicted octanol–water partition coefficient (Wildman–Crippen LogP) is 1.05. The van der Waals surface area contributed by atoms with Crippen LogP contribution >= 0.6 is 0 Å². The van der Waals surface area contributed by atoms with E-state index in [-0.39, 0.29) is 27.4 Å². The molecule has 0 aromatic carbocycles. The van der Waals surface area contributed by atoms with E-state index in [0.717, 1.165) is 13.0 Å². The molecule has 1 aliphatic carbocycles. The third-order valence-electron chi connectivity index (χ3n) is 3.14. The van der Waals surface area contributed by atoms with E-state index in [1.54, 1.807) is 0 Å². The Labute approximate surface area is 121 Å². The van der Waals surface area contributed by atoms with Gasteiger partial charge in [0.15, 0.2) is 0 Å². The molecule has 0 spiro atoms. The van der Waals surface area contributed by atoms with Crippen LogP contribution in [0.3, 0.4) is 0 Å². The van der Waals surface area contributed by atoms with Gasteiger partial charge in [-0.25, -0.2) is 6.08 Å². The van der Waals surface area contributed by atoms with Gasteiger partial charge < -0.3 is 4.90 Å². The van der Waals surface area contributed by atoms with Crippen LogP contribution in [0.5, 0.6) is 0 Å². The molecule has 0 amide bonds. The Morgan fingerprint density at radius 2 is 1.65 bits per heavy atom. The van der Waals surface area contributed by atoms with Gasteiger partial charge in [-0.05, 0) is 42.3 Å². The first kappa shape index (κ1) is 17.1. The summed E-state index contributed by atoms with van der Waals surface area (Å²) in [5.41, 5.74) is 1.19. The number of nitrogens with zero attached hydrogens (tertiary/aromatic N) is 3. The average Bonchev–Trinajstić information content (AvgIpc) is 2.65. The molecule has 1 aliphatic rings. The van der Waals surface area contributed by atoms with E-state index in [4.69, 9.17) is 0 Å². The second kappa shape index (κ2) is 6.86. The molecule has 0 aromatic rings. The maximum Gasteiger partial charge on any atom is 0.0782 e. The molecule has 0 saturated carbocycles. The van der Waals surface area contributed by atoms with Gasteiger partial charge >= 0.3 is 0 Å². The van der Waals surface area contributed by atoms with Crippen molar-refractivity contribution in [1.29, 1.82) is 0 Å². The molecule has 3 nitrogen and oxygen atoms in total. The van der Waals surface area contributed by atoms with E-state index in [1.807, 2.05) is 0 Å². The molecule has 96 valence electrons. The van der Waals surface area contributed by atoms with Crippen molar-refractivity contribution in [2.75, 3.05) is 48.8 Å². The van der Waals surface area contributed by atoms with E-state index in [1.165, 1.54) is 5.57 Å². The largest absolute Gasteiger partial charge is 0.306 e. The quantitative estimate of drug-likeness (QED) is 0.420. The molecule has 0 unspecified atom stereocenters. The fourth-order valence-electron chi connectivity index (χ4n) is 2.37. The molecule has 0 atom stereocenters. The van der Waals surface area contributed by atoms with E-state index >= 15 is 0 Å². The van der Waals surface area contributed by atoms with Crippen LogP contribution in [0.1, 0.15) is 6.42 Å². The smallest absolute Gasteiger partial charge is 0.0782 e. The maximum atomic E-state index is 3.46. The first-order valence-electron chi connectivity index (χ1n) is 5.68. The van der Waals surface area contributed by atoms with Gasteiger partial charge in [0, 0.05) is 28.3 Å². The second-order valence-electron chi connectivity index (χ2n) is 5.04. The fourth-order valence-corrected chi connectivity index (χ4v) is 2.37. The van der Waals surface area contributed by atoms with Gasteiger partial charge in [0.1, 0.15) is 0 Å². The molecule has 0 aromatic heterocycles. The van der Waals surface area contributed by atoms with Crippen molar-refractivity contribution < 1.29 is 21.7 Å². The Bertz CT molecular complexity index is 285. The van der Waals surface area contributed by atoms with Crippen LogP contribution in [0.4, 0.5) is 0 Å². The number of rotatable bonds is 5. The zero-order chi connectivity index (χ0) is 12.3. The summed E-state index contributed by atoms with van der Waals surface area (Å²) < 4.78 is 0. The summed E-state index contributed by atoms with van der Waals surface area (Å²) in [6.07, 6.45) is 8.77. The normalized spacial score (nSPS) is 15.7. The van der Waals surface area contributed by atoms with Crippen molar-refractivity contribution in [3.8, 4) is 0 Å². The molecule has 0 saturated heterocycles. The zero-order valence-electron chi connectivity index (χ0n) is 11.9. The van der Waals surface area contributed by atoms with Gasteiger partial charge in [-0.2, -0.15) is 11.6 Å². The summed E-state index contributed by atoms with van der Waals surface area (Å²) in [5, 5.41) is 0. The fraction of sp³-hybridized carbons (Fsp3) is 0.692. The number of hydrogen-bond acceptors (Lipinski definition) is 3. The van der Waals surface area contributed by atoms with Gasteiger partial charge in [-0.3, -0.25) is 15.9 Å². The molecule has 0 aliphatic heterocycles. The van der Waals surface area contributed by atoms with Crippen LogP contribution in [0, 0.1) is 6.08 Å². The van der Waals surface area contributed by atoms with Crippen molar-refractivity contribution in [3.63, 3.8) is 0 Å². The van der Waals surface area contributed by atoms with Crippen molar-refractivity contribution >= 4 is 0 Å². The summed E-state index contributed by atoms with van der Waals surface area (Å²) in [6, 6.07) is 0. The number of allylic oxidation sites excluding steroid dienone is 2. The molecular weight excluding hydrogens is 246 g/mol. The van der Waals surface area contributed by atoms with E-state index in [9.17, 15) is 0 Å². The summed E-state index contributed by atoms with van der Waals surface area (Å²) in [4.78, 5) is 6.76. The third kappa shape index (κ3) is 3.52. The van der Waals surface area contributed by atoms with Crippen LogP contribution < -0.4 is 0 Å². The van der Waals surface area contributed by atoms with Crippen molar-refractivity contribution in [3.05, 3.63) is 23.8 Å². The molecule has 17 heavy (non-hydrogen) atoms. The minimum atomic E-state index is -0.0868. The van der Waals surface area contributed by atoms with Gasteiger partial charge in [0.25, 0.3) is 0 Å². The Morgan fingerprint density at radius 1 is 1.12 bits per heavy atom. The summed E-state index contributed by atoms with van der Waals surface area (Å²) in [6.45, 7) is 0.958. The monoisotopic (exact) mass is 270 g/mol. The molecule has 4 heteroatoms. The van der Waals surface area contributed by atoms with Crippen molar-refractivity contribution in [1.82, 2.24) is 14.7 Å². The van der Waals surface area contributed by atoms with Gasteiger partial charge in [-0.1, -0.05) is 0 Å². The summed E-state index contributed by atoms with van der Waals surface area (Å²) >= 11 is 0. The Kier molecular flexibility index (Phi) is 6.89. The zero-order valence-corrected chi connectivity index (χ0v) is 13.5. The second-order valence-corrected chi connectivity index (χ2v) is 5.04. The van der Waals surface area contributed by atoms with Crippen LogP contribution in [0.15, 0.2) is 17.7 Å². The van der Waals surface area contributed by atoms with Gasteiger partial charge in [0.2, 0.25) is 0 Å². The Morgan fingerprint density at radius 3 is 1.94 bits per heavy atom. The molecule has 0 N–H and O–H groups in total. The van der Waals surface area contributed by atoms with Crippen LogP contribution in [-0.4, -0.2) is 69.2 Å². The topological polar surface area (TPSA) is 9.72 Å². The summed E-state index contributed by atoms with van der Waals surface area (Å²) in [5.74, 6) is 0. The first-order valence-corrected chi connectivity index (χ1v) is 5.68. The molecule has 0 fully saturated rings. The Balaban J connectivity index is 0.00000256. The van der Waals surface area contributed by atoms with E-state index < -0.39 is 0 Å². The molecule has 0 bridgehead atoms. The minimum absolute atomic E-state index is 0. The van der Waals surface area contributed by atoms with E-state index in [2.05, 4.69) is 75.2 Å². The number of hydrogen-bond donors (Lipinski definition) is 0. The van der Waals surface area contributed by atoms with Crippen LogP contribution in [-0.2, 0) is 21.7 Å². The minimum Gasteiger partial charge on any atom is -0.306 e. The van der Waals surface area contributed by atoms with Crippen molar-refractivity contribution in [2.24, 2.45) is 0 Å². The third-order valence-corrected chi connectivity index (χ3v) is 3.14. The Hall–Kier alpha value is 0.0743. The molecule has 0 heterocycles. The predicted molar refractivity (Wildman–Crippen MR) is 69.2 cm³/mol. The SMILES string of the molecule is CN(C)CC(C1=[C-]CC=C1)(N(C)C)N(C)C.[Ti]. The maximum absolute atomic E-state index is 3.46. The molecular formula is C13H24N3Ti-. The molecule has 1 rings (SSSR count). The van der Waals surface area contributed by atoms with Crippen LogP contribution in [0.25, 0.3) is 0 Å². The molecule has 0 radical (unpaired) electrons.